The third-order valence-corrected chi connectivity index (χ3v) is 2.83. The van der Waals surface area contributed by atoms with Crippen LogP contribution in [-0.4, -0.2) is 28.6 Å². The number of aromatic nitrogens is 2. The second-order valence-corrected chi connectivity index (χ2v) is 4.59. The van der Waals surface area contributed by atoms with Gasteiger partial charge in [0.1, 0.15) is 0 Å². The van der Waals surface area contributed by atoms with Crippen LogP contribution in [0.5, 0.6) is 0 Å². The van der Waals surface area contributed by atoms with Crippen LogP contribution in [0.25, 0.3) is 0 Å². The Bertz CT molecular complexity index is 329. The van der Waals surface area contributed by atoms with Gasteiger partial charge in [-0.3, -0.25) is 0 Å². The predicted molar refractivity (Wildman–Crippen MR) is 65.4 cm³/mol. The largest absolute Gasteiger partial charge is 0.338 e. The topological polar surface area (TPSA) is 55.0 Å². The van der Waals surface area contributed by atoms with E-state index in [1.54, 1.807) is 0 Å². The lowest BCUT2D eigenvalue weighted by atomic mass is 10.1. The van der Waals surface area contributed by atoms with E-state index in [-0.39, 0.29) is 6.04 Å². The molecule has 0 bridgehead atoms. The van der Waals surface area contributed by atoms with Gasteiger partial charge in [0.25, 0.3) is 0 Å². The van der Waals surface area contributed by atoms with E-state index in [9.17, 15) is 0 Å². The highest BCUT2D eigenvalue weighted by atomic mass is 15.3. The molecule has 16 heavy (non-hydrogen) atoms. The monoisotopic (exact) mass is 220 g/mol. The van der Waals surface area contributed by atoms with Crippen LogP contribution in [0.15, 0.2) is 12.4 Å². The summed E-state index contributed by atoms with van der Waals surface area (Å²) in [5, 5.41) is 0. The summed E-state index contributed by atoms with van der Waals surface area (Å²) in [7, 11) is 0. The first-order chi connectivity index (χ1) is 7.70. The molecule has 1 fully saturated rings. The summed E-state index contributed by atoms with van der Waals surface area (Å²) in [5.41, 5.74) is 6.86. The summed E-state index contributed by atoms with van der Waals surface area (Å²) in [6.07, 6.45) is 7.20. The first-order valence-corrected chi connectivity index (χ1v) is 6.04. The van der Waals surface area contributed by atoms with E-state index in [4.69, 9.17) is 5.73 Å². The lowest BCUT2D eigenvalue weighted by molar-refractivity contribution is 0.726. The molecule has 0 aromatic carbocycles. The Morgan fingerprint density at radius 2 is 2.06 bits per heavy atom. The van der Waals surface area contributed by atoms with E-state index >= 15 is 0 Å². The van der Waals surface area contributed by atoms with E-state index in [0.717, 1.165) is 24.5 Å². The van der Waals surface area contributed by atoms with Crippen LogP contribution in [0.2, 0.25) is 0 Å². The molecule has 0 saturated heterocycles. The molecule has 4 heteroatoms. The Kier molecular flexibility index (Phi) is 3.39. The van der Waals surface area contributed by atoms with Crippen molar-refractivity contribution in [3.05, 3.63) is 18.0 Å². The smallest absolute Gasteiger partial charge is 0.225 e. The van der Waals surface area contributed by atoms with Gasteiger partial charge in [-0.2, -0.15) is 0 Å². The molecule has 1 aliphatic carbocycles. The van der Waals surface area contributed by atoms with Crippen LogP contribution in [0.1, 0.15) is 32.3 Å². The Balaban J connectivity index is 2.05. The molecule has 1 aromatic heterocycles. The molecule has 1 saturated carbocycles. The zero-order chi connectivity index (χ0) is 11.5. The van der Waals surface area contributed by atoms with Gasteiger partial charge in [-0.15, -0.1) is 0 Å². The molecule has 0 amide bonds. The van der Waals surface area contributed by atoms with Crippen molar-refractivity contribution < 1.29 is 0 Å². The summed E-state index contributed by atoms with van der Waals surface area (Å²) < 4.78 is 0. The number of hydrogen-bond donors (Lipinski definition) is 1. The van der Waals surface area contributed by atoms with Crippen molar-refractivity contribution in [1.29, 1.82) is 0 Å². The average Bonchev–Trinajstić information content (AvgIpc) is 3.05. The molecular weight excluding hydrogens is 200 g/mol. The third-order valence-electron chi connectivity index (χ3n) is 2.83. The molecule has 88 valence electrons. The lowest BCUT2D eigenvalue weighted by Crippen LogP contribution is -2.27. The molecule has 0 aliphatic heterocycles. The van der Waals surface area contributed by atoms with Gasteiger partial charge in [-0.25, -0.2) is 9.97 Å². The minimum atomic E-state index is 0.167. The first kappa shape index (κ1) is 11.3. The van der Waals surface area contributed by atoms with Crippen molar-refractivity contribution in [2.45, 2.75) is 45.2 Å². The van der Waals surface area contributed by atoms with Crippen LogP contribution >= 0.6 is 0 Å². The SMILES string of the molecule is CCN(c1ncc(CC(C)N)cn1)C1CC1. The van der Waals surface area contributed by atoms with Gasteiger partial charge < -0.3 is 10.6 Å². The molecule has 2 N–H and O–H groups in total. The van der Waals surface area contributed by atoms with Crippen LogP contribution in [0.4, 0.5) is 5.95 Å². The number of nitrogens with two attached hydrogens (primary N) is 1. The molecule has 1 aromatic rings. The van der Waals surface area contributed by atoms with Gasteiger partial charge >= 0.3 is 0 Å². The van der Waals surface area contributed by atoms with Crippen LogP contribution in [-0.2, 0) is 6.42 Å². The summed E-state index contributed by atoms with van der Waals surface area (Å²) in [6, 6.07) is 0.837. The number of anilines is 1. The summed E-state index contributed by atoms with van der Waals surface area (Å²) in [5.74, 6) is 0.860. The van der Waals surface area contributed by atoms with Crippen molar-refractivity contribution in [2.75, 3.05) is 11.4 Å². The van der Waals surface area contributed by atoms with Crippen molar-refractivity contribution in [1.82, 2.24) is 9.97 Å². The third kappa shape index (κ3) is 2.70. The highest BCUT2D eigenvalue weighted by Gasteiger charge is 2.29. The fourth-order valence-electron chi connectivity index (χ4n) is 1.92. The number of hydrogen-bond acceptors (Lipinski definition) is 4. The standard InChI is InChI=1S/C12H20N4/c1-3-16(11-4-5-11)12-14-7-10(8-15-12)6-9(2)13/h7-9,11H,3-6,13H2,1-2H3. The van der Waals surface area contributed by atoms with E-state index in [0.29, 0.717) is 6.04 Å². The highest BCUT2D eigenvalue weighted by molar-refractivity contribution is 5.33. The van der Waals surface area contributed by atoms with Gasteiger partial charge in [-0.05, 0) is 38.7 Å². The summed E-state index contributed by atoms with van der Waals surface area (Å²) >= 11 is 0. The second-order valence-electron chi connectivity index (χ2n) is 4.59. The van der Waals surface area contributed by atoms with Gasteiger partial charge in [0.05, 0.1) is 0 Å². The van der Waals surface area contributed by atoms with E-state index in [1.807, 2.05) is 19.3 Å². The zero-order valence-electron chi connectivity index (χ0n) is 10.1. The maximum atomic E-state index is 5.74. The van der Waals surface area contributed by atoms with Gasteiger partial charge in [0.15, 0.2) is 0 Å². The van der Waals surface area contributed by atoms with Crippen molar-refractivity contribution >= 4 is 5.95 Å². The lowest BCUT2D eigenvalue weighted by Gasteiger charge is -2.20. The van der Waals surface area contributed by atoms with Crippen LogP contribution in [0.3, 0.4) is 0 Å². The van der Waals surface area contributed by atoms with Crippen molar-refractivity contribution in [2.24, 2.45) is 5.73 Å². The Morgan fingerprint density at radius 1 is 1.44 bits per heavy atom. The van der Waals surface area contributed by atoms with E-state index in [1.165, 1.54) is 12.8 Å². The van der Waals surface area contributed by atoms with Gasteiger partial charge in [0.2, 0.25) is 5.95 Å². The molecule has 1 heterocycles. The normalized spacial score (nSPS) is 17.2. The fourth-order valence-corrected chi connectivity index (χ4v) is 1.92. The van der Waals surface area contributed by atoms with Crippen LogP contribution < -0.4 is 10.6 Å². The van der Waals surface area contributed by atoms with Crippen LogP contribution in [0, 0.1) is 0 Å². The Labute approximate surface area is 96.9 Å². The summed E-state index contributed by atoms with van der Waals surface area (Å²) in [6.45, 7) is 5.13. The van der Waals surface area contributed by atoms with Crippen molar-refractivity contribution in [3.63, 3.8) is 0 Å². The molecule has 1 atom stereocenters. The Morgan fingerprint density at radius 3 is 2.50 bits per heavy atom. The molecule has 1 aliphatic rings. The molecule has 0 spiro atoms. The minimum Gasteiger partial charge on any atom is -0.338 e. The number of rotatable bonds is 5. The minimum absolute atomic E-state index is 0.167. The molecule has 0 radical (unpaired) electrons. The van der Waals surface area contributed by atoms with E-state index in [2.05, 4.69) is 21.8 Å². The Hall–Kier alpha value is -1.16. The number of nitrogens with zero attached hydrogens (tertiary/aromatic N) is 3. The maximum absolute atomic E-state index is 5.74. The van der Waals surface area contributed by atoms with Gasteiger partial charge in [-0.1, -0.05) is 0 Å². The average molecular weight is 220 g/mol. The molecule has 2 rings (SSSR count). The predicted octanol–water partition coefficient (Wildman–Crippen LogP) is 1.35. The maximum Gasteiger partial charge on any atom is 0.225 e. The molecular formula is C12H20N4. The molecule has 1 unspecified atom stereocenters. The first-order valence-electron chi connectivity index (χ1n) is 6.04. The fraction of sp³-hybridized carbons (Fsp3) is 0.667. The van der Waals surface area contributed by atoms with Gasteiger partial charge in [0, 0.05) is 31.0 Å². The van der Waals surface area contributed by atoms with Crippen molar-refractivity contribution in [3.8, 4) is 0 Å². The summed E-state index contributed by atoms with van der Waals surface area (Å²) in [4.78, 5) is 11.1. The highest BCUT2D eigenvalue weighted by Crippen LogP contribution is 2.29. The second kappa shape index (κ2) is 4.78. The quantitative estimate of drug-likeness (QED) is 0.814. The molecule has 4 nitrogen and oxygen atoms in total. The zero-order valence-corrected chi connectivity index (χ0v) is 10.1. The van der Waals surface area contributed by atoms with E-state index < -0.39 is 0 Å².